The fourth-order valence-corrected chi connectivity index (χ4v) is 2.81. The van der Waals surface area contributed by atoms with Crippen molar-refractivity contribution in [2.75, 3.05) is 6.61 Å². The summed E-state index contributed by atoms with van der Waals surface area (Å²) in [6.45, 7) is 2.04. The third kappa shape index (κ3) is 4.28. The van der Waals surface area contributed by atoms with Gasteiger partial charge in [-0.25, -0.2) is 4.79 Å². The Morgan fingerprint density at radius 1 is 1.33 bits per heavy atom. The van der Waals surface area contributed by atoms with Crippen molar-refractivity contribution in [1.29, 1.82) is 0 Å². The minimum atomic E-state index is -0.478. The third-order valence-electron chi connectivity index (χ3n) is 4.13. The third-order valence-corrected chi connectivity index (χ3v) is 4.13. The molecule has 0 atom stereocenters. The van der Waals surface area contributed by atoms with Crippen LogP contribution in [-0.2, 0) is 4.74 Å². The van der Waals surface area contributed by atoms with E-state index in [9.17, 15) is 14.9 Å². The lowest BCUT2D eigenvalue weighted by Crippen LogP contribution is -2.13. The molecule has 5 heteroatoms. The van der Waals surface area contributed by atoms with Crippen LogP contribution in [0.5, 0.6) is 0 Å². The molecule has 21 heavy (non-hydrogen) atoms. The number of nitrogens with zero attached hydrogens (tertiary/aromatic N) is 1. The van der Waals surface area contributed by atoms with Gasteiger partial charge in [0.15, 0.2) is 0 Å². The first kappa shape index (κ1) is 15.5. The summed E-state index contributed by atoms with van der Waals surface area (Å²) in [4.78, 5) is 22.3. The van der Waals surface area contributed by atoms with Crippen molar-refractivity contribution < 1.29 is 14.5 Å². The van der Waals surface area contributed by atoms with E-state index in [0.29, 0.717) is 18.1 Å². The van der Waals surface area contributed by atoms with Crippen LogP contribution >= 0.6 is 0 Å². The number of ether oxygens (including phenoxy) is 1. The van der Waals surface area contributed by atoms with Crippen LogP contribution in [0.3, 0.4) is 0 Å². The molecule has 114 valence electrons. The van der Waals surface area contributed by atoms with Gasteiger partial charge in [-0.2, -0.15) is 0 Å². The molecule has 0 aliphatic heterocycles. The highest BCUT2D eigenvalue weighted by molar-refractivity contribution is 5.90. The van der Waals surface area contributed by atoms with Crippen molar-refractivity contribution >= 4 is 11.7 Å². The monoisotopic (exact) mass is 291 g/mol. The minimum Gasteiger partial charge on any atom is -0.462 e. The van der Waals surface area contributed by atoms with E-state index in [0.717, 1.165) is 6.42 Å². The Bertz CT molecular complexity index is 521. The van der Waals surface area contributed by atoms with Crippen LogP contribution in [0.4, 0.5) is 5.69 Å². The number of esters is 1. The van der Waals surface area contributed by atoms with Crippen molar-refractivity contribution in [2.45, 2.75) is 45.4 Å². The number of benzene rings is 1. The van der Waals surface area contributed by atoms with E-state index in [1.807, 2.05) is 0 Å². The summed E-state index contributed by atoms with van der Waals surface area (Å²) in [5.74, 6) is 0.174. The first-order valence-corrected chi connectivity index (χ1v) is 7.50. The Kier molecular flexibility index (Phi) is 5.31. The predicted octanol–water partition coefficient (Wildman–Crippen LogP) is 4.03. The van der Waals surface area contributed by atoms with Crippen LogP contribution in [0.15, 0.2) is 18.2 Å². The number of hydrogen-bond acceptors (Lipinski definition) is 4. The van der Waals surface area contributed by atoms with E-state index >= 15 is 0 Å². The van der Waals surface area contributed by atoms with Crippen molar-refractivity contribution in [2.24, 2.45) is 5.92 Å². The topological polar surface area (TPSA) is 69.4 Å². The quantitative estimate of drug-likeness (QED) is 0.466. The average Bonchev–Trinajstić information content (AvgIpc) is 2.48. The second-order valence-electron chi connectivity index (χ2n) is 5.69. The maximum atomic E-state index is 11.9. The van der Waals surface area contributed by atoms with Gasteiger partial charge < -0.3 is 4.74 Å². The van der Waals surface area contributed by atoms with E-state index in [4.69, 9.17) is 4.74 Å². The molecule has 0 saturated heterocycles. The number of carbonyl (C=O) groups is 1. The van der Waals surface area contributed by atoms with Crippen molar-refractivity contribution in [3.63, 3.8) is 0 Å². The summed E-state index contributed by atoms with van der Waals surface area (Å²) >= 11 is 0. The summed E-state index contributed by atoms with van der Waals surface area (Å²) in [6.07, 6.45) is 7.16. The average molecular weight is 291 g/mol. The van der Waals surface area contributed by atoms with Crippen LogP contribution < -0.4 is 0 Å². The maximum Gasteiger partial charge on any atom is 0.338 e. The summed E-state index contributed by atoms with van der Waals surface area (Å²) in [6, 6.07) is 4.44. The number of carbonyl (C=O) groups excluding carboxylic acids is 1. The lowest BCUT2D eigenvalue weighted by molar-refractivity contribution is -0.385. The highest BCUT2D eigenvalue weighted by atomic mass is 16.6. The molecule has 0 amide bonds. The molecule has 0 radical (unpaired) electrons. The first-order valence-electron chi connectivity index (χ1n) is 7.50. The summed E-state index contributed by atoms with van der Waals surface area (Å²) in [7, 11) is 0. The van der Waals surface area contributed by atoms with Gasteiger partial charge >= 0.3 is 5.97 Å². The van der Waals surface area contributed by atoms with Crippen LogP contribution in [0.1, 0.15) is 54.4 Å². The van der Waals surface area contributed by atoms with Crippen molar-refractivity contribution in [3.05, 3.63) is 39.4 Å². The van der Waals surface area contributed by atoms with E-state index < -0.39 is 10.9 Å². The van der Waals surface area contributed by atoms with Crippen LogP contribution in [0.25, 0.3) is 0 Å². The number of rotatable bonds is 5. The minimum absolute atomic E-state index is 0.0447. The molecule has 0 heterocycles. The highest BCUT2D eigenvalue weighted by Gasteiger charge is 2.17. The molecule has 0 aromatic heterocycles. The zero-order chi connectivity index (χ0) is 15.2. The van der Waals surface area contributed by atoms with Gasteiger partial charge in [0.1, 0.15) is 0 Å². The lowest BCUT2D eigenvalue weighted by atomic mass is 9.87. The SMILES string of the molecule is Cc1ccc(C(=O)OCCC2CCCCC2)cc1[N+](=O)[O-]. The van der Waals surface area contributed by atoms with Gasteiger partial charge in [0.25, 0.3) is 5.69 Å². The van der Waals surface area contributed by atoms with Crippen LogP contribution in [-0.4, -0.2) is 17.5 Å². The van der Waals surface area contributed by atoms with Crippen molar-refractivity contribution in [3.8, 4) is 0 Å². The molecule has 0 spiro atoms. The second kappa shape index (κ2) is 7.20. The van der Waals surface area contributed by atoms with Gasteiger partial charge in [0, 0.05) is 11.6 Å². The zero-order valence-electron chi connectivity index (χ0n) is 12.3. The highest BCUT2D eigenvalue weighted by Crippen LogP contribution is 2.26. The van der Waals surface area contributed by atoms with Gasteiger partial charge in [-0.3, -0.25) is 10.1 Å². The molecule has 2 rings (SSSR count). The number of nitro benzene ring substituents is 1. The largest absolute Gasteiger partial charge is 0.462 e. The van der Waals surface area contributed by atoms with E-state index in [-0.39, 0.29) is 11.3 Å². The second-order valence-corrected chi connectivity index (χ2v) is 5.69. The number of aryl methyl sites for hydroxylation is 1. The molecule has 0 unspecified atom stereocenters. The number of nitro groups is 1. The standard InChI is InChI=1S/C16H21NO4/c1-12-7-8-14(11-15(12)17(19)20)16(18)21-10-9-13-5-3-2-4-6-13/h7-8,11,13H,2-6,9-10H2,1H3. The van der Waals surface area contributed by atoms with Crippen LogP contribution in [0, 0.1) is 23.0 Å². The molecule has 1 aliphatic carbocycles. The molecule has 1 fully saturated rings. The van der Waals surface area contributed by atoms with Crippen LogP contribution in [0.2, 0.25) is 0 Å². The Morgan fingerprint density at radius 2 is 2.05 bits per heavy atom. The number of hydrogen-bond donors (Lipinski definition) is 0. The summed E-state index contributed by atoms with van der Waals surface area (Å²) in [5, 5.41) is 10.9. The maximum absolute atomic E-state index is 11.9. The Morgan fingerprint density at radius 3 is 2.71 bits per heavy atom. The molecule has 1 aromatic carbocycles. The molecule has 0 bridgehead atoms. The van der Waals surface area contributed by atoms with Gasteiger partial charge in [0.05, 0.1) is 17.1 Å². The molecule has 1 saturated carbocycles. The van der Waals surface area contributed by atoms with Gasteiger partial charge in [0.2, 0.25) is 0 Å². The van der Waals surface area contributed by atoms with E-state index in [1.54, 1.807) is 19.1 Å². The van der Waals surface area contributed by atoms with E-state index in [2.05, 4.69) is 0 Å². The summed E-state index contributed by atoms with van der Waals surface area (Å²) in [5.41, 5.74) is 0.742. The zero-order valence-corrected chi connectivity index (χ0v) is 12.3. The Labute approximate surface area is 124 Å². The smallest absolute Gasteiger partial charge is 0.338 e. The van der Waals surface area contributed by atoms with E-state index in [1.165, 1.54) is 38.2 Å². The van der Waals surface area contributed by atoms with Gasteiger partial charge in [-0.1, -0.05) is 38.2 Å². The van der Waals surface area contributed by atoms with Gasteiger partial charge in [-0.15, -0.1) is 0 Å². The molecular formula is C16H21NO4. The molecule has 1 aromatic rings. The van der Waals surface area contributed by atoms with Gasteiger partial charge in [-0.05, 0) is 25.3 Å². The fraction of sp³-hybridized carbons (Fsp3) is 0.562. The predicted molar refractivity (Wildman–Crippen MR) is 79.3 cm³/mol. The fourth-order valence-electron chi connectivity index (χ4n) is 2.81. The normalized spacial score (nSPS) is 15.7. The Hall–Kier alpha value is -1.91. The Balaban J connectivity index is 1.88. The summed E-state index contributed by atoms with van der Waals surface area (Å²) < 4.78 is 5.24. The molecule has 5 nitrogen and oxygen atoms in total. The van der Waals surface area contributed by atoms with Crippen molar-refractivity contribution in [1.82, 2.24) is 0 Å². The molecule has 1 aliphatic rings. The first-order chi connectivity index (χ1) is 10.1. The molecule has 0 N–H and O–H groups in total. The lowest BCUT2D eigenvalue weighted by Gasteiger charge is -2.21. The molecular weight excluding hydrogens is 270 g/mol.